The first kappa shape index (κ1) is 14.6. The number of methoxy groups -OCH3 is 1. The number of thioether (sulfide) groups is 1. The van der Waals surface area contributed by atoms with Crippen LogP contribution in [0.5, 0.6) is 0 Å². The minimum Gasteiger partial charge on any atom is -0.383 e. The molecule has 1 aliphatic rings. The molecule has 0 radical (unpaired) electrons. The SMILES string of the molecule is COCC(C)NC(=NC1CCC(SC)C1)NN. The van der Waals surface area contributed by atoms with Gasteiger partial charge in [0.15, 0.2) is 0 Å². The zero-order chi connectivity index (χ0) is 12.7. The van der Waals surface area contributed by atoms with Gasteiger partial charge in [-0.1, -0.05) is 0 Å². The molecule has 3 atom stereocenters. The Morgan fingerprint density at radius 3 is 2.88 bits per heavy atom. The Kier molecular flexibility index (Phi) is 6.69. The molecule has 0 aromatic rings. The van der Waals surface area contributed by atoms with Gasteiger partial charge in [0, 0.05) is 18.4 Å². The second-order valence-corrected chi connectivity index (χ2v) is 5.59. The Labute approximate surface area is 108 Å². The molecule has 0 saturated heterocycles. The van der Waals surface area contributed by atoms with Crippen molar-refractivity contribution in [2.24, 2.45) is 10.8 Å². The topological polar surface area (TPSA) is 71.7 Å². The number of guanidine groups is 1. The summed E-state index contributed by atoms with van der Waals surface area (Å²) < 4.78 is 5.06. The highest BCUT2D eigenvalue weighted by atomic mass is 32.2. The molecule has 4 N–H and O–H groups in total. The first-order chi connectivity index (χ1) is 8.19. The third-order valence-corrected chi connectivity index (χ3v) is 4.03. The van der Waals surface area contributed by atoms with Crippen molar-refractivity contribution in [2.45, 2.75) is 43.5 Å². The standard InChI is InChI=1S/C11H24N4OS/c1-8(7-16-2)13-11(15-12)14-9-4-5-10(6-9)17-3/h8-10H,4-7,12H2,1-3H3,(H2,13,14,15). The Hall–Kier alpha value is -0.460. The molecule has 6 heteroatoms. The summed E-state index contributed by atoms with van der Waals surface area (Å²) in [4.78, 5) is 4.61. The summed E-state index contributed by atoms with van der Waals surface area (Å²) in [5, 5.41) is 3.96. The lowest BCUT2D eigenvalue weighted by molar-refractivity contribution is 0.179. The Morgan fingerprint density at radius 1 is 1.59 bits per heavy atom. The van der Waals surface area contributed by atoms with E-state index < -0.39 is 0 Å². The number of hydrazine groups is 1. The van der Waals surface area contributed by atoms with E-state index in [4.69, 9.17) is 10.6 Å². The zero-order valence-corrected chi connectivity index (χ0v) is 11.7. The van der Waals surface area contributed by atoms with Crippen molar-refractivity contribution in [2.75, 3.05) is 20.0 Å². The van der Waals surface area contributed by atoms with Crippen molar-refractivity contribution >= 4 is 17.7 Å². The Balaban J connectivity index is 2.43. The Bertz CT molecular complexity index is 250. The van der Waals surface area contributed by atoms with E-state index in [2.05, 4.69) is 22.0 Å². The third-order valence-electron chi connectivity index (χ3n) is 2.94. The lowest BCUT2D eigenvalue weighted by Gasteiger charge is -2.17. The van der Waals surface area contributed by atoms with Crippen molar-refractivity contribution < 1.29 is 4.74 Å². The summed E-state index contributed by atoms with van der Waals surface area (Å²) in [5.41, 5.74) is 2.63. The fraction of sp³-hybridized carbons (Fsp3) is 0.909. The highest BCUT2D eigenvalue weighted by Crippen LogP contribution is 2.29. The molecule has 1 aliphatic carbocycles. The first-order valence-corrected chi connectivity index (χ1v) is 7.31. The highest BCUT2D eigenvalue weighted by molar-refractivity contribution is 7.99. The number of aliphatic imine (C=N–C) groups is 1. The maximum absolute atomic E-state index is 5.47. The summed E-state index contributed by atoms with van der Waals surface area (Å²) in [6, 6.07) is 0.591. The second kappa shape index (κ2) is 7.79. The minimum atomic E-state index is 0.201. The summed E-state index contributed by atoms with van der Waals surface area (Å²) in [6.45, 7) is 2.68. The highest BCUT2D eigenvalue weighted by Gasteiger charge is 2.23. The van der Waals surface area contributed by atoms with Gasteiger partial charge in [0.1, 0.15) is 0 Å². The van der Waals surface area contributed by atoms with Crippen LogP contribution in [0.4, 0.5) is 0 Å². The van der Waals surface area contributed by atoms with Crippen molar-refractivity contribution in [1.82, 2.24) is 10.7 Å². The monoisotopic (exact) mass is 260 g/mol. The molecule has 1 rings (SSSR count). The van der Waals surface area contributed by atoms with Crippen LogP contribution in [0.25, 0.3) is 0 Å². The molecule has 3 unspecified atom stereocenters. The number of nitrogens with one attached hydrogen (secondary N) is 2. The fourth-order valence-corrected chi connectivity index (χ4v) is 2.86. The largest absolute Gasteiger partial charge is 0.383 e. The smallest absolute Gasteiger partial charge is 0.206 e. The normalized spacial score (nSPS) is 26.9. The van der Waals surface area contributed by atoms with Gasteiger partial charge in [0.05, 0.1) is 12.6 Å². The molecule has 0 bridgehead atoms. The molecular weight excluding hydrogens is 236 g/mol. The maximum Gasteiger partial charge on any atom is 0.206 e. The average molecular weight is 260 g/mol. The van der Waals surface area contributed by atoms with E-state index >= 15 is 0 Å². The van der Waals surface area contributed by atoms with Gasteiger partial charge in [-0.25, -0.2) is 10.8 Å². The predicted octanol–water partition coefficient (Wildman–Crippen LogP) is 0.714. The number of nitrogens with two attached hydrogens (primary N) is 1. The molecule has 100 valence electrons. The van der Waals surface area contributed by atoms with E-state index in [-0.39, 0.29) is 6.04 Å². The fourth-order valence-electron chi connectivity index (χ4n) is 2.07. The molecule has 0 aliphatic heterocycles. The quantitative estimate of drug-likeness (QED) is 0.294. The van der Waals surface area contributed by atoms with Gasteiger partial charge in [-0.2, -0.15) is 11.8 Å². The van der Waals surface area contributed by atoms with Gasteiger partial charge in [-0.05, 0) is 32.4 Å². The molecule has 0 amide bonds. The number of ether oxygens (including phenoxy) is 1. The Morgan fingerprint density at radius 2 is 2.35 bits per heavy atom. The molecular formula is C11H24N4OS. The molecule has 17 heavy (non-hydrogen) atoms. The summed E-state index contributed by atoms with van der Waals surface area (Å²) in [5.74, 6) is 6.14. The molecule has 0 aromatic carbocycles. The lowest BCUT2D eigenvalue weighted by atomic mass is 10.3. The van der Waals surface area contributed by atoms with Gasteiger partial charge in [0.25, 0.3) is 0 Å². The van der Waals surface area contributed by atoms with Crippen LogP contribution in [0.2, 0.25) is 0 Å². The lowest BCUT2D eigenvalue weighted by Crippen LogP contribution is -2.47. The van der Waals surface area contributed by atoms with Crippen LogP contribution in [0, 0.1) is 0 Å². The maximum atomic E-state index is 5.47. The van der Waals surface area contributed by atoms with Crippen LogP contribution in [0.3, 0.4) is 0 Å². The molecule has 0 heterocycles. The van der Waals surface area contributed by atoms with Crippen LogP contribution < -0.4 is 16.6 Å². The minimum absolute atomic E-state index is 0.201. The summed E-state index contributed by atoms with van der Waals surface area (Å²) >= 11 is 1.93. The summed E-state index contributed by atoms with van der Waals surface area (Å²) in [7, 11) is 1.69. The van der Waals surface area contributed by atoms with E-state index in [0.29, 0.717) is 18.6 Å². The van der Waals surface area contributed by atoms with E-state index in [1.165, 1.54) is 6.42 Å². The van der Waals surface area contributed by atoms with E-state index in [9.17, 15) is 0 Å². The van der Waals surface area contributed by atoms with Crippen molar-refractivity contribution in [3.63, 3.8) is 0 Å². The summed E-state index contributed by atoms with van der Waals surface area (Å²) in [6.07, 6.45) is 5.71. The van der Waals surface area contributed by atoms with Gasteiger partial charge in [-0.15, -0.1) is 0 Å². The number of hydrogen-bond acceptors (Lipinski definition) is 4. The van der Waals surface area contributed by atoms with Crippen LogP contribution in [-0.4, -0.2) is 43.3 Å². The van der Waals surface area contributed by atoms with Crippen LogP contribution in [-0.2, 0) is 4.74 Å². The van der Waals surface area contributed by atoms with Gasteiger partial charge in [0.2, 0.25) is 5.96 Å². The van der Waals surface area contributed by atoms with E-state index in [1.54, 1.807) is 7.11 Å². The van der Waals surface area contributed by atoms with Crippen LogP contribution >= 0.6 is 11.8 Å². The van der Waals surface area contributed by atoms with Crippen molar-refractivity contribution in [3.8, 4) is 0 Å². The second-order valence-electron chi connectivity index (χ2n) is 4.45. The third kappa shape index (κ3) is 5.14. The van der Waals surface area contributed by atoms with Gasteiger partial charge in [-0.3, -0.25) is 5.43 Å². The number of rotatable bonds is 5. The molecule has 0 spiro atoms. The number of nitrogens with zero attached hydrogens (tertiary/aromatic N) is 1. The van der Waals surface area contributed by atoms with Crippen LogP contribution in [0.1, 0.15) is 26.2 Å². The predicted molar refractivity (Wildman–Crippen MR) is 74.2 cm³/mol. The van der Waals surface area contributed by atoms with E-state index in [1.807, 2.05) is 18.7 Å². The van der Waals surface area contributed by atoms with Crippen molar-refractivity contribution in [3.05, 3.63) is 0 Å². The first-order valence-electron chi connectivity index (χ1n) is 6.02. The molecule has 1 fully saturated rings. The van der Waals surface area contributed by atoms with Crippen LogP contribution in [0.15, 0.2) is 4.99 Å². The zero-order valence-electron chi connectivity index (χ0n) is 10.9. The van der Waals surface area contributed by atoms with Crippen molar-refractivity contribution in [1.29, 1.82) is 0 Å². The van der Waals surface area contributed by atoms with E-state index in [0.717, 1.165) is 18.1 Å². The van der Waals surface area contributed by atoms with Gasteiger partial charge < -0.3 is 10.1 Å². The molecule has 1 saturated carbocycles. The number of hydrogen-bond donors (Lipinski definition) is 3. The van der Waals surface area contributed by atoms with Gasteiger partial charge >= 0.3 is 0 Å². The molecule has 5 nitrogen and oxygen atoms in total. The average Bonchev–Trinajstić information content (AvgIpc) is 2.76. The molecule has 0 aromatic heterocycles.